The molecule has 1 aliphatic rings. The number of carbonyl (C=O) groups excluding carboxylic acids is 1. The van der Waals surface area contributed by atoms with Gasteiger partial charge in [0.1, 0.15) is 6.04 Å². The van der Waals surface area contributed by atoms with E-state index in [1.165, 1.54) is 11.1 Å². The summed E-state index contributed by atoms with van der Waals surface area (Å²) in [6.45, 7) is 2.91. The number of aryl methyl sites for hydroxylation is 1. The molecule has 1 amide bonds. The molecule has 0 radical (unpaired) electrons. The fraction of sp³-hybridized carbons (Fsp3) is 0.381. The van der Waals surface area contributed by atoms with Crippen LogP contribution in [0.15, 0.2) is 54.6 Å². The number of fused-ring (bicyclic) bond motifs is 1. The maximum Gasteiger partial charge on any atom is 0.242 e. The standard InChI is InChI=1S/C21H26N2O/c1-3-23(2)20(17-11-5-4-6-12-17)21(24)22-19-15-9-13-16-10-7-8-14-18(16)19/h4-8,10-12,14,19-20H,3,9,13,15H2,1-2H3,(H,22,24). The molecule has 0 saturated heterocycles. The minimum atomic E-state index is -0.245. The van der Waals surface area contributed by atoms with Crippen LogP contribution in [0.25, 0.3) is 0 Å². The van der Waals surface area contributed by atoms with E-state index in [9.17, 15) is 4.79 Å². The molecule has 1 N–H and O–H groups in total. The third kappa shape index (κ3) is 3.51. The van der Waals surface area contributed by atoms with Crippen LogP contribution in [-0.4, -0.2) is 24.4 Å². The van der Waals surface area contributed by atoms with Gasteiger partial charge in [0.15, 0.2) is 0 Å². The lowest BCUT2D eigenvalue weighted by atomic mass is 9.87. The molecule has 0 heterocycles. The number of benzene rings is 2. The summed E-state index contributed by atoms with van der Waals surface area (Å²) in [6.07, 6.45) is 3.25. The normalized spacial score (nSPS) is 18.0. The third-order valence-corrected chi connectivity index (χ3v) is 4.99. The smallest absolute Gasteiger partial charge is 0.242 e. The van der Waals surface area contributed by atoms with Crippen LogP contribution < -0.4 is 5.32 Å². The SMILES string of the molecule is CCN(C)C(C(=O)NC1CCCc2ccccc21)c1ccccc1. The minimum absolute atomic E-state index is 0.0900. The second kappa shape index (κ2) is 7.63. The molecule has 2 unspecified atom stereocenters. The van der Waals surface area contributed by atoms with Gasteiger partial charge >= 0.3 is 0 Å². The van der Waals surface area contributed by atoms with Crippen molar-refractivity contribution in [3.05, 3.63) is 71.3 Å². The van der Waals surface area contributed by atoms with Gasteiger partial charge in [-0.25, -0.2) is 0 Å². The molecule has 2 aromatic rings. The van der Waals surface area contributed by atoms with Crippen LogP contribution in [0.4, 0.5) is 0 Å². The van der Waals surface area contributed by atoms with Gasteiger partial charge in [-0.2, -0.15) is 0 Å². The van der Waals surface area contributed by atoms with Crippen molar-refractivity contribution in [1.82, 2.24) is 10.2 Å². The van der Waals surface area contributed by atoms with Crippen molar-refractivity contribution in [2.45, 2.75) is 38.3 Å². The third-order valence-electron chi connectivity index (χ3n) is 4.99. The van der Waals surface area contributed by atoms with Crippen LogP contribution >= 0.6 is 0 Å². The van der Waals surface area contributed by atoms with Crippen molar-refractivity contribution in [3.8, 4) is 0 Å². The first-order valence-corrected chi connectivity index (χ1v) is 8.84. The zero-order valence-corrected chi connectivity index (χ0v) is 14.5. The van der Waals surface area contributed by atoms with Crippen LogP contribution in [-0.2, 0) is 11.2 Å². The Morgan fingerprint density at radius 1 is 1.17 bits per heavy atom. The second-order valence-electron chi connectivity index (χ2n) is 6.54. The Bertz CT molecular complexity index is 683. The van der Waals surface area contributed by atoms with Crippen molar-refractivity contribution in [1.29, 1.82) is 0 Å². The molecule has 0 saturated carbocycles. The van der Waals surface area contributed by atoms with Crippen LogP contribution in [0.1, 0.15) is 48.5 Å². The van der Waals surface area contributed by atoms with E-state index >= 15 is 0 Å². The molecule has 0 spiro atoms. The Morgan fingerprint density at radius 3 is 2.62 bits per heavy atom. The van der Waals surface area contributed by atoms with Gasteiger partial charge < -0.3 is 5.32 Å². The first kappa shape index (κ1) is 16.7. The van der Waals surface area contributed by atoms with Crippen LogP contribution in [0.3, 0.4) is 0 Å². The maximum absolute atomic E-state index is 13.1. The van der Waals surface area contributed by atoms with Gasteiger partial charge in [0.25, 0.3) is 0 Å². The van der Waals surface area contributed by atoms with E-state index in [2.05, 4.69) is 41.4 Å². The zero-order valence-electron chi connectivity index (χ0n) is 14.5. The van der Waals surface area contributed by atoms with E-state index in [1.54, 1.807) is 0 Å². The molecule has 126 valence electrons. The number of rotatable bonds is 5. The van der Waals surface area contributed by atoms with E-state index in [1.807, 2.05) is 37.4 Å². The highest BCUT2D eigenvalue weighted by atomic mass is 16.2. The summed E-state index contributed by atoms with van der Waals surface area (Å²) in [5, 5.41) is 3.31. The average Bonchev–Trinajstić information content (AvgIpc) is 2.63. The van der Waals surface area contributed by atoms with Gasteiger partial charge in [0, 0.05) is 0 Å². The van der Waals surface area contributed by atoms with Crippen LogP contribution in [0.2, 0.25) is 0 Å². The molecule has 3 heteroatoms. The number of amides is 1. The van der Waals surface area contributed by atoms with Gasteiger partial charge in [0.2, 0.25) is 5.91 Å². The fourth-order valence-corrected chi connectivity index (χ4v) is 3.58. The Labute approximate surface area is 144 Å². The number of hydrogen-bond acceptors (Lipinski definition) is 2. The molecular weight excluding hydrogens is 296 g/mol. The molecule has 2 aromatic carbocycles. The van der Waals surface area contributed by atoms with Gasteiger partial charge in [-0.1, -0.05) is 61.5 Å². The van der Waals surface area contributed by atoms with E-state index in [-0.39, 0.29) is 18.0 Å². The Kier molecular flexibility index (Phi) is 5.31. The van der Waals surface area contributed by atoms with Crippen molar-refractivity contribution in [2.24, 2.45) is 0 Å². The number of nitrogens with one attached hydrogen (secondary N) is 1. The molecule has 0 aliphatic heterocycles. The molecule has 0 aromatic heterocycles. The van der Waals surface area contributed by atoms with Crippen molar-refractivity contribution >= 4 is 5.91 Å². The van der Waals surface area contributed by atoms with Gasteiger partial charge in [0.05, 0.1) is 6.04 Å². The first-order chi connectivity index (χ1) is 11.7. The highest BCUT2D eigenvalue weighted by Crippen LogP contribution is 2.30. The topological polar surface area (TPSA) is 32.3 Å². The molecule has 3 nitrogen and oxygen atoms in total. The number of likely N-dealkylation sites (N-methyl/N-ethyl adjacent to an activating group) is 1. The maximum atomic E-state index is 13.1. The molecular formula is C21H26N2O. The van der Waals surface area contributed by atoms with Gasteiger partial charge in [-0.15, -0.1) is 0 Å². The molecule has 24 heavy (non-hydrogen) atoms. The van der Waals surface area contributed by atoms with E-state index in [4.69, 9.17) is 0 Å². The second-order valence-corrected chi connectivity index (χ2v) is 6.54. The summed E-state index contributed by atoms with van der Waals surface area (Å²) in [7, 11) is 2.01. The summed E-state index contributed by atoms with van der Waals surface area (Å²) >= 11 is 0. The van der Waals surface area contributed by atoms with Crippen LogP contribution in [0, 0.1) is 0 Å². The monoisotopic (exact) mass is 322 g/mol. The molecule has 3 rings (SSSR count). The number of carbonyl (C=O) groups is 1. The Balaban J connectivity index is 1.82. The quantitative estimate of drug-likeness (QED) is 0.906. The fourth-order valence-electron chi connectivity index (χ4n) is 3.58. The largest absolute Gasteiger partial charge is 0.348 e. The van der Waals surface area contributed by atoms with Gasteiger partial charge in [-0.05, 0) is 49.5 Å². The lowest BCUT2D eigenvalue weighted by molar-refractivity contribution is -0.127. The van der Waals surface area contributed by atoms with Gasteiger partial charge in [-0.3, -0.25) is 9.69 Å². The molecule has 0 fully saturated rings. The zero-order chi connectivity index (χ0) is 16.9. The van der Waals surface area contributed by atoms with Crippen molar-refractivity contribution in [2.75, 3.05) is 13.6 Å². The lowest BCUT2D eigenvalue weighted by Gasteiger charge is -2.31. The molecule has 0 bridgehead atoms. The van der Waals surface area contributed by atoms with E-state index in [0.29, 0.717) is 0 Å². The number of hydrogen-bond donors (Lipinski definition) is 1. The summed E-state index contributed by atoms with van der Waals surface area (Å²) in [4.78, 5) is 15.2. The highest BCUT2D eigenvalue weighted by Gasteiger charge is 2.28. The lowest BCUT2D eigenvalue weighted by Crippen LogP contribution is -2.41. The summed E-state index contributed by atoms with van der Waals surface area (Å²) < 4.78 is 0. The minimum Gasteiger partial charge on any atom is -0.348 e. The average molecular weight is 322 g/mol. The number of nitrogens with zero attached hydrogens (tertiary/aromatic N) is 1. The predicted octanol–water partition coefficient (Wildman–Crippen LogP) is 3.87. The first-order valence-electron chi connectivity index (χ1n) is 8.84. The van der Waals surface area contributed by atoms with E-state index in [0.717, 1.165) is 31.4 Å². The summed E-state index contributed by atoms with van der Waals surface area (Å²) in [5.74, 6) is 0.0900. The summed E-state index contributed by atoms with van der Waals surface area (Å²) in [5.41, 5.74) is 3.70. The Morgan fingerprint density at radius 2 is 1.88 bits per heavy atom. The Hall–Kier alpha value is -2.13. The van der Waals surface area contributed by atoms with E-state index < -0.39 is 0 Å². The van der Waals surface area contributed by atoms with Crippen LogP contribution in [0.5, 0.6) is 0 Å². The molecule has 2 atom stereocenters. The van der Waals surface area contributed by atoms with Crippen molar-refractivity contribution < 1.29 is 4.79 Å². The van der Waals surface area contributed by atoms with Crippen molar-refractivity contribution in [3.63, 3.8) is 0 Å². The molecule has 1 aliphatic carbocycles. The summed E-state index contributed by atoms with van der Waals surface area (Å²) in [6, 6.07) is 18.4. The highest BCUT2D eigenvalue weighted by molar-refractivity contribution is 5.83. The predicted molar refractivity (Wildman–Crippen MR) is 97.8 cm³/mol.